The number of hydrazone groups is 1. The third-order valence-electron chi connectivity index (χ3n) is 4.59. The predicted molar refractivity (Wildman–Crippen MR) is 132 cm³/mol. The number of halogens is 2. The summed E-state index contributed by atoms with van der Waals surface area (Å²) in [5.41, 5.74) is 4.29. The second-order valence-corrected chi connectivity index (χ2v) is 7.98. The molecule has 3 aromatic carbocycles. The van der Waals surface area contributed by atoms with Crippen LogP contribution in [0.15, 0.2) is 70.2 Å². The molecule has 2 N–H and O–H groups in total. The van der Waals surface area contributed by atoms with Crippen molar-refractivity contribution in [3.63, 3.8) is 0 Å². The summed E-state index contributed by atoms with van der Waals surface area (Å²) < 4.78 is 25.5. The van der Waals surface area contributed by atoms with Crippen LogP contribution in [0.4, 0.5) is 10.1 Å². The molecule has 0 atom stereocenters. The van der Waals surface area contributed by atoms with Gasteiger partial charge in [0.2, 0.25) is 11.8 Å². The van der Waals surface area contributed by atoms with Gasteiger partial charge < -0.3 is 14.8 Å². The maximum absolute atomic E-state index is 13.6. The van der Waals surface area contributed by atoms with E-state index in [9.17, 15) is 14.0 Å². The first-order chi connectivity index (χ1) is 16.9. The first-order valence-corrected chi connectivity index (χ1v) is 11.0. The van der Waals surface area contributed by atoms with Crippen molar-refractivity contribution in [3.05, 3.63) is 87.6 Å². The van der Waals surface area contributed by atoms with Crippen LogP contribution in [0, 0.1) is 17.1 Å². The number of carbonyl (C=O) groups excluding carboxylic acids is 2. The van der Waals surface area contributed by atoms with Crippen molar-refractivity contribution >= 4 is 39.6 Å². The lowest BCUT2D eigenvalue weighted by atomic mass is 10.1. The van der Waals surface area contributed by atoms with Crippen LogP contribution < -0.4 is 20.2 Å². The number of hydrogen-bond donors (Lipinski definition) is 2. The van der Waals surface area contributed by atoms with Gasteiger partial charge in [0.15, 0.2) is 11.5 Å². The van der Waals surface area contributed by atoms with Gasteiger partial charge in [-0.1, -0.05) is 24.3 Å². The molecule has 178 valence electrons. The van der Waals surface area contributed by atoms with Crippen molar-refractivity contribution in [2.75, 3.05) is 12.4 Å². The summed E-state index contributed by atoms with van der Waals surface area (Å²) in [6.07, 6.45) is 0.852. The number of nitriles is 1. The van der Waals surface area contributed by atoms with Gasteiger partial charge in [0.05, 0.1) is 35.1 Å². The van der Waals surface area contributed by atoms with Crippen molar-refractivity contribution in [3.8, 4) is 17.6 Å². The summed E-state index contributed by atoms with van der Waals surface area (Å²) in [5, 5.41) is 15.1. The highest BCUT2D eigenvalue weighted by Gasteiger charge is 2.13. The predicted octanol–water partition coefficient (Wildman–Crippen LogP) is 4.53. The van der Waals surface area contributed by atoms with Gasteiger partial charge in [-0.15, -0.1) is 0 Å². The largest absolute Gasteiger partial charge is 0.493 e. The van der Waals surface area contributed by atoms with E-state index in [0.29, 0.717) is 27.1 Å². The van der Waals surface area contributed by atoms with Gasteiger partial charge in [-0.3, -0.25) is 9.59 Å². The normalized spacial score (nSPS) is 10.5. The molecule has 2 amide bonds. The molecule has 0 bridgehead atoms. The Kier molecular flexibility index (Phi) is 8.92. The molecule has 0 fully saturated rings. The van der Waals surface area contributed by atoms with E-state index in [1.807, 2.05) is 0 Å². The van der Waals surface area contributed by atoms with Crippen molar-refractivity contribution in [1.82, 2.24) is 5.43 Å². The Morgan fingerprint density at radius 2 is 1.89 bits per heavy atom. The third-order valence-corrected chi connectivity index (χ3v) is 5.18. The molecule has 0 spiro atoms. The number of nitrogens with zero attached hydrogens (tertiary/aromatic N) is 2. The molecule has 3 rings (SSSR count). The molecule has 8 nitrogen and oxygen atoms in total. The van der Waals surface area contributed by atoms with Crippen LogP contribution >= 0.6 is 15.9 Å². The SMILES string of the molecule is COc1cc(C=NNC(=O)CC(=O)Nc2ccccc2F)cc(Br)c1OCc1ccc(C#N)cc1. The summed E-state index contributed by atoms with van der Waals surface area (Å²) in [7, 11) is 1.49. The van der Waals surface area contributed by atoms with Crippen molar-refractivity contribution in [2.45, 2.75) is 13.0 Å². The molecule has 3 aromatic rings. The highest BCUT2D eigenvalue weighted by atomic mass is 79.9. The molecular formula is C25H20BrFN4O4. The summed E-state index contributed by atoms with van der Waals surface area (Å²) in [4.78, 5) is 23.9. The Balaban J connectivity index is 1.57. The topological polar surface area (TPSA) is 113 Å². The smallest absolute Gasteiger partial charge is 0.249 e. The van der Waals surface area contributed by atoms with Crippen LogP contribution in [0.5, 0.6) is 11.5 Å². The zero-order valence-corrected chi connectivity index (χ0v) is 20.1. The van der Waals surface area contributed by atoms with E-state index in [2.05, 4.69) is 37.8 Å². The number of ether oxygens (including phenoxy) is 2. The van der Waals surface area contributed by atoms with E-state index in [0.717, 1.165) is 5.56 Å². The highest BCUT2D eigenvalue weighted by Crippen LogP contribution is 2.36. The monoisotopic (exact) mass is 538 g/mol. The zero-order chi connectivity index (χ0) is 25.2. The fourth-order valence-corrected chi connectivity index (χ4v) is 3.48. The molecule has 0 unspecified atom stereocenters. The molecule has 0 aromatic heterocycles. The van der Waals surface area contributed by atoms with E-state index in [-0.39, 0.29) is 12.3 Å². The summed E-state index contributed by atoms with van der Waals surface area (Å²) >= 11 is 3.45. The lowest BCUT2D eigenvalue weighted by Gasteiger charge is -2.13. The number of para-hydroxylation sites is 1. The van der Waals surface area contributed by atoms with E-state index in [1.54, 1.807) is 42.5 Å². The minimum absolute atomic E-state index is 0.00719. The Hall–Kier alpha value is -4.23. The van der Waals surface area contributed by atoms with Gasteiger partial charge in [-0.05, 0) is 63.5 Å². The second-order valence-electron chi connectivity index (χ2n) is 7.13. The van der Waals surface area contributed by atoms with Crippen molar-refractivity contribution in [1.29, 1.82) is 5.26 Å². The van der Waals surface area contributed by atoms with Crippen LogP contribution in [-0.2, 0) is 16.2 Å². The van der Waals surface area contributed by atoms with Crippen LogP contribution in [0.3, 0.4) is 0 Å². The maximum atomic E-state index is 13.6. The lowest BCUT2D eigenvalue weighted by molar-refractivity contribution is -0.126. The maximum Gasteiger partial charge on any atom is 0.249 e. The lowest BCUT2D eigenvalue weighted by Crippen LogP contribution is -2.24. The molecule has 0 aliphatic heterocycles. The number of hydrogen-bond acceptors (Lipinski definition) is 6. The minimum Gasteiger partial charge on any atom is -0.493 e. The molecule has 0 aliphatic rings. The zero-order valence-electron chi connectivity index (χ0n) is 18.5. The van der Waals surface area contributed by atoms with Crippen LogP contribution in [0.25, 0.3) is 0 Å². The van der Waals surface area contributed by atoms with E-state index < -0.39 is 24.1 Å². The summed E-state index contributed by atoms with van der Waals surface area (Å²) in [6.45, 7) is 0.263. The minimum atomic E-state index is -0.670. The van der Waals surface area contributed by atoms with Gasteiger partial charge in [0, 0.05) is 0 Å². The van der Waals surface area contributed by atoms with Gasteiger partial charge in [-0.2, -0.15) is 10.4 Å². The van der Waals surface area contributed by atoms with Gasteiger partial charge in [0.25, 0.3) is 0 Å². The van der Waals surface area contributed by atoms with Gasteiger partial charge >= 0.3 is 0 Å². The van der Waals surface area contributed by atoms with Gasteiger partial charge in [-0.25, -0.2) is 9.82 Å². The number of benzene rings is 3. The molecule has 0 aliphatic carbocycles. The van der Waals surface area contributed by atoms with E-state index >= 15 is 0 Å². The number of nitrogens with one attached hydrogen (secondary N) is 2. The van der Waals surface area contributed by atoms with Crippen LogP contribution in [-0.4, -0.2) is 25.1 Å². The Bertz CT molecular complexity index is 1290. The van der Waals surface area contributed by atoms with E-state index in [4.69, 9.17) is 14.7 Å². The first kappa shape index (κ1) is 25.4. The molecule has 0 saturated heterocycles. The second kappa shape index (κ2) is 12.3. The number of rotatable bonds is 9. The Labute approximate surface area is 209 Å². The number of carbonyl (C=O) groups is 2. The highest BCUT2D eigenvalue weighted by molar-refractivity contribution is 9.10. The summed E-state index contributed by atoms with van der Waals surface area (Å²) in [6, 6.07) is 18.1. The fourth-order valence-electron chi connectivity index (χ4n) is 2.91. The number of amides is 2. The fraction of sp³-hybridized carbons (Fsp3) is 0.120. The van der Waals surface area contributed by atoms with E-state index in [1.165, 1.54) is 31.5 Å². The number of methoxy groups -OCH3 is 1. The summed E-state index contributed by atoms with van der Waals surface area (Å²) in [5.74, 6) is -1.02. The molecule has 0 saturated carbocycles. The number of anilines is 1. The average Bonchev–Trinajstić information content (AvgIpc) is 2.84. The average molecular weight is 539 g/mol. The molecule has 10 heteroatoms. The van der Waals surface area contributed by atoms with Crippen molar-refractivity contribution < 1.29 is 23.5 Å². The van der Waals surface area contributed by atoms with Crippen LogP contribution in [0.2, 0.25) is 0 Å². The molecular weight excluding hydrogens is 519 g/mol. The Morgan fingerprint density at radius 3 is 2.57 bits per heavy atom. The van der Waals surface area contributed by atoms with Gasteiger partial charge in [0.1, 0.15) is 18.8 Å². The van der Waals surface area contributed by atoms with Crippen LogP contribution in [0.1, 0.15) is 23.1 Å². The Morgan fingerprint density at radius 1 is 1.14 bits per heavy atom. The molecule has 35 heavy (non-hydrogen) atoms. The molecule has 0 radical (unpaired) electrons. The quantitative estimate of drug-likeness (QED) is 0.236. The standard InChI is InChI=1S/C25H20BrFN4O4/c1-34-22-11-18(10-19(26)25(22)35-15-17-8-6-16(13-28)7-9-17)14-29-31-24(33)12-23(32)30-21-5-3-2-4-20(21)27/h2-11,14H,12,15H2,1H3,(H,30,32)(H,31,33). The molecule has 0 heterocycles. The third kappa shape index (κ3) is 7.38. The van der Waals surface area contributed by atoms with Crippen molar-refractivity contribution in [2.24, 2.45) is 5.10 Å². The first-order valence-electron chi connectivity index (χ1n) is 10.2.